The summed E-state index contributed by atoms with van der Waals surface area (Å²) in [7, 11) is 3.13. The van der Waals surface area contributed by atoms with Gasteiger partial charge in [-0.1, -0.05) is 6.42 Å². The quantitative estimate of drug-likeness (QED) is 0.871. The number of ether oxygens (including phenoxy) is 2. The number of carbonyl (C=O) groups is 1. The highest BCUT2D eigenvalue weighted by Crippen LogP contribution is 2.27. The number of hydrogen-bond acceptors (Lipinski definition) is 4. The van der Waals surface area contributed by atoms with Gasteiger partial charge in [0.1, 0.15) is 11.5 Å². The number of amides is 1. The monoisotopic (exact) mass is 314 g/mol. The van der Waals surface area contributed by atoms with Gasteiger partial charge in [-0.05, 0) is 37.4 Å². The van der Waals surface area contributed by atoms with Crippen molar-refractivity contribution in [3.05, 3.63) is 23.8 Å². The molecule has 1 aromatic carbocycles. The number of methoxy groups -OCH3 is 2. The number of rotatable bonds is 5. The average Bonchev–Trinajstić information content (AvgIpc) is 2.93. The molecule has 1 aliphatic rings. The summed E-state index contributed by atoms with van der Waals surface area (Å²) < 4.78 is 10.4. The van der Waals surface area contributed by atoms with Gasteiger partial charge in [0.25, 0.3) is 5.91 Å². The van der Waals surface area contributed by atoms with E-state index in [9.17, 15) is 4.79 Å². The number of carbonyl (C=O) groups excluding carboxylic acids is 1. The van der Waals surface area contributed by atoms with E-state index in [-0.39, 0.29) is 24.4 Å². The maximum Gasteiger partial charge on any atom is 0.255 e. The Labute approximate surface area is 131 Å². The maximum atomic E-state index is 12.4. The van der Waals surface area contributed by atoms with Crippen LogP contribution in [0.5, 0.6) is 11.5 Å². The second-order valence-electron chi connectivity index (χ2n) is 5.07. The molecule has 1 amide bonds. The largest absolute Gasteiger partial charge is 0.497 e. The molecule has 1 saturated carbocycles. The van der Waals surface area contributed by atoms with Crippen LogP contribution in [0.15, 0.2) is 18.2 Å². The first-order valence-corrected chi connectivity index (χ1v) is 6.92. The second kappa shape index (κ2) is 8.10. The Morgan fingerprint density at radius 1 is 1.33 bits per heavy atom. The van der Waals surface area contributed by atoms with Gasteiger partial charge in [0.05, 0.1) is 19.8 Å². The van der Waals surface area contributed by atoms with E-state index in [2.05, 4.69) is 5.32 Å². The first-order valence-electron chi connectivity index (χ1n) is 6.92. The smallest absolute Gasteiger partial charge is 0.255 e. The minimum atomic E-state index is -0.116. The summed E-state index contributed by atoms with van der Waals surface area (Å²) >= 11 is 0. The topological polar surface area (TPSA) is 73.6 Å². The van der Waals surface area contributed by atoms with Crippen LogP contribution in [0.3, 0.4) is 0 Å². The minimum absolute atomic E-state index is 0. The highest BCUT2D eigenvalue weighted by atomic mass is 35.5. The third kappa shape index (κ3) is 4.02. The lowest BCUT2D eigenvalue weighted by Gasteiger charge is -2.20. The molecule has 0 aromatic heterocycles. The van der Waals surface area contributed by atoms with Gasteiger partial charge in [0, 0.05) is 12.1 Å². The lowest BCUT2D eigenvalue weighted by Crippen LogP contribution is -2.39. The molecule has 2 atom stereocenters. The Bertz CT molecular complexity index is 482. The molecule has 2 rings (SSSR count). The van der Waals surface area contributed by atoms with Gasteiger partial charge in [0.15, 0.2) is 0 Å². The van der Waals surface area contributed by atoms with E-state index >= 15 is 0 Å². The van der Waals surface area contributed by atoms with Crippen molar-refractivity contribution < 1.29 is 14.3 Å². The third-order valence-corrected chi connectivity index (χ3v) is 3.93. The molecule has 0 radical (unpaired) electrons. The molecule has 0 aliphatic heterocycles. The zero-order valence-electron chi connectivity index (χ0n) is 12.4. The Balaban J connectivity index is 0.00000220. The van der Waals surface area contributed by atoms with Crippen LogP contribution in [0.4, 0.5) is 0 Å². The molecule has 6 heteroatoms. The summed E-state index contributed by atoms with van der Waals surface area (Å²) in [4.78, 5) is 12.4. The summed E-state index contributed by atoms with van der Waals surface area (Å²) in [5.41, 5.74) is 6.26. The molecule has 5 nitrogen and oxygen atoms in total. The molecule has 21 heavy (non-hydrogen) atoms. The van der Waals surface area contributed by atoms with Gasteiger partial charge < -0.3 is 20.5 Å². The fourth-order valence-electron chi connectivity index (χ4n) is 2.74. The van der Waals surface area contributed by atoms with Crippen LogP contribution in [0, 0.1) is 5.92 Å². The van der Waals surface area contributed by atoms with Crippen molar-refractivity contribution >= 4 is 18.3 Å². The third-order valence-electron chi connectivity index (χ3n) is 3.93. The molecule has 2 unspecified atom stereocenters. The zero-order valence-corrected chi connectivity index (χ0v) is 13.2. The Morgan fingerprint density at radius 2 is 2.10 bits per heavy atom. The van der Waals surface area contributed by atoms with E-state index in [1.54, 1.807) is 32.4 Å². The SMILES string of the molecule is COc1ccc(C(=O)NC2CCCC2CN)c(OC)c1.Cl. The Kier molecular flexibility index (Phi) is 6.78. The second-order valence-corrected chi connectivity index (χ2v) is 5.07. The lowest BCUT2D eigenvalue weighted by molar-refractivity contribution is 0.0925. The van der Waals surface area contributed by atoms with E-state index in [0.29, 0.717) is 29.5 Å². The Morgan fingerprint density at radius 3 is 2.71 bits per heavy atom. The lowest BCUT2D eigenvalue weighted by atomic mass is 10.0. The van der Waals surface area contributed by atoms with Crippen LogP contribution >= 0.6 is 12.4 Å². The fourth-order valence-corrected chi connectivity index (χ4v) is 2.74. The summed E-state index contributed by atoms with van der Waals surface area (Å²) in [6.45, 7) is 0.616. The molecule has 0 saturated heterocycles. The van der Waals surface area contributed by atoms with Gasteiger partial charge in [-0.3, -0.25) is 4.79 Å². The van der Waals surface area contributed by atoms with Crippen molar-refractivity contribution in [1.29, 1.82) is 0 Å². The maximum absolute atomic E-state index is 12.4. The number of halogens is 1. The van der Waals surface area contributed by atoms with Crippen LogP contribution in [0.25, 0.3) is 0 Å². The van der Waals surface area contributed by atoms with Crippen molar-refractivity contribution in [1.82, 2.24) is 5.32 Å². The van der Waals surface area contributed by atoms with E-state index in [4.69, 9.17) is 15.2 Å². The summed E-state index contributed by atoms with van der Waals surface area (Å²) in [6.07, 6.45) is 3.19. The van der Waals surface area contributed by atoms with Crippen molar-refractivity contribution in [2.45, 2.75) is 25.3 Å². The van der Waals surface area contributed by atoms with Crippen molar-refractivity contribution in [2.75, 3.05) is 20.8 Å². The van der Waals surface area contributed by atoms with E-state index in [1.165, 1.54) is 0 Å². The van der Waals surface area contributed by atoms with Crippen LogP contribution in [-0.2, 0) is 0 Å². The van der Waals surface area contributed by atoms with Crippen molar-refractivity contribution in [3.8, 4) is 11.5 Å². The standard InChI is InChI=1S/C15H22N2O3.ClH/c1-19-11-6-7-12(14(8-11)20-2)15(18)17-13-5-3-4-10(13)9-16;/h6-8,10,13H,3-5,9,16H2,1-2H3,(H,17,18);1H. The summed E-state index contributed by atoms with van der Waals surface area (Å²) in [5.74, 6) is 1.45. The normalized spacial score (nSPS) is 20.5. The van der Waals surface area contributed by atoms with E-state index < -0.39 is 0 Å². The number of hydrogen-bond donors (Lipinski definition) is 2. The highest BCUT2D eigenvalue weighted by Gasteiger charge is 2.28. The molecule has 118 valence electrons. The predicted molar refractivity (Wildman–Crippen MR) is 84.4 cm³/mol. The molecular weight excluding hydrogens is 292 g/mol. The number of nitrogens with two attached hydrogens (primary N) is 1. The van der Waals surface area contributed by atoms with Crippen LogP contribution in [-0.4, -0.2) is 32.7 Å². The molecular formula is C15H23ClN2O3. The summed E-state index contributed by atoms with van der Waals surface area (Å²) in [5, 5.41) is 3.07. The molecule has 3 N–H and O–H groups in total. The van der Waals surface area contributed by atoms with Gasteiger partial charge in [-0.2, -0.15) is 0 Å². The van der Waals surface area contributed by atoms with Crippen LogP contribution in [0.1, 0.15) is 29.6 Å². The van der Waals surface area contributed by atoms with Crippen molar-refractivity contribution in [2.24, 2.45) is 11.7 Å². The zero-order chi connectivity index (χ0) is 14.5. The van der Waals surface area contributed by atoms with Gasteiger partial charge in [-0.15, -0.1) is 12.4 Å². The van der Waals surface area contributed by atoms with Crippen molar-refractivity contribution in [3.63, 3.8) is 0 Å². The fraction of sp³-hybridized carbons (Fsp3) is 0.533. The van der Waals surface area contributed by atoms with Gasteiger partial charge >= 0.3 is 0 Å². The number of nitrogens with one attached hydrogen (secondary N) is 1. The highest BCUT2D eigenvalue weighted by molar-refractivity contribution is 5.97. The first kappa shape index (κ1) is 17.6. The van der Waals surface area contributed by atoms with E-state index in [0.717, 1.165) is 19.3 Å². The molecule has 1 aliphatic carbocycles. The Hall–Kier alpha value is -1.46. The summed E-state index contributed by atoms with van der Waals surface area (Å²) in [6, 6.07) is 5.36. The molecule has 0 heterocycles. The molecule has 1 fully saturated rings. The molecule has 0 spiro atoms. The van der Waals surface area contributed by atoms with Gasteiger partial charge in [-0.25, -0.2) is 0 Å². The molecule has 1 aromatic rings. The number of benzene rings is 1. The minimum Gasteiger partial charge on any atom is -0.497 e. The molecule has 0 bridgehead atoms. The van der Waals surface area contributed by atoms with E-state index in [1.807, 2.05) is 0 Å². The first-order chi connectivity index (χ1) is 9.69. The van der Waals surface area contributed by atoms with Crippen LogP contribution in [0.2, 0.25) is 0 Å². The average molecular weight is 315 g/mol. The van der Waals surface area contributed by atoms with Gasteiger partial charge in [0.2, 0.25) is 0 Å². The van der Waals surface area contributed by atoms with Crippen LogP contribution < -0.4 is 20.5 Å². The predicted octanol–water partition coefficient (Wildman–Crippen LogP) is 1.98.